The van der Waals surface area contributed by atoms with Crippen LogP contribution in [0.4, 0.5) is 5.69 Å². The average molecular weight is 634 g/mol. The second-order valence-corrected chi connectivity index (χ2v) is 12.6. The molecule has 4 rings (SSSR count). The fourth-order valence-electron chi connectivity index (χ4n) is 4.86. The minimum Gasteiger partial charge on any atom is -0.497 e. The normalized spacial score (nSPS) is 11.8. The van der Waals surface area contributed by atoms with E-state index in [0.717, 1.165) is 21.0 Å². The molecule has 0 aliphatic rings. The Kier molecular flexibility index (Phi) is 11.0. The Morgan fingerprint density at radius 3 is 2.16 bits per heavy atom. The highest BCUT2D eigenvalue weighted by molar-refractivity contribution is 7.92. The molecule has 0 radical (unpaired) electrons. The van der Waals surface area contributed by atoms with Crippen LogP contribution in [0.15, 0.2) is 108 Å². The highest BCUT2D eigenvalue weighted by Crippen LogP contribution is 2.27. The van der Waals surface area contributed by atoms with Crippen molar-refractivity contribution >= 4 is 39.1 Å². The predicted octanol–water partition coefficient (Wildman–Crippen LogP) is 5.63. The van der Waals surface area contributed by atoms with Crippen LogP contribution in [0.3, 0.4) is 0 Å². The number of amides is 2. The smallest absolute Gasteiger partial charge is 0.264 e. The molecule has 44 heavy (non-hydrogen) atoms. The summed E-state index contributed by atoms with van der Waals surface area (Å²) in [6.45, 7) is 3.69. The summed E-state index contributed by atoms with van der Waals surface area (Å²) >= 11 is 6.12. The maximum absolute atomic E-state index is 14.4. The van der Waals surface area contributed by atoms with Crippen LogP contribution in [0.2, 0.25) is 5.02 Å². The number of rotatable bonds is 13. The summed E-state index contributed by atoms with van der Waals surface area (Å²) in [5.41, 5.74) is 2.94. The number of ether oxygens (including phenoxy) is 1. The van der Waals surface area contributed by atoms with E-state index in [4.69, 9.17) is 16.3 Å². The van der Waals surface area contributed by atoms with Gasteiger partial charge in [-0.25, -0.2) is 8.42 Å². The van der Waals surface area contributed by atoms with Gasteiger partial charge in [-0.15, -0.1) is 0 Å². The number of halogens is 1. The Labute approximate surface area is 264 Å². The largest absolute Gasteiger partial charge is 0.497 e. The van der Waals surface area contributed by atoms with Crippen molar-refractivity contribution < 1.29 is 22.7 Å². The Morgan fingerprint density at radius 1 is 0.886 bits per heavy atom. The molecule has 0 fully saturated rings. The van der Waals surface area contributed by atoms with E-state index in [1.165, 1.54) is 24.1 Å². The first-order valence-electron chi connectivity index (χ1n) is 14.2. The number of nitrogens with one attached hydrogen (secondary N) is 1. The number of methoxy groups -OCH3 is 1. The minimum atomic E-state index is -4.23. The fraction of sp³-hybridized carbons (Fsp3) is 0.235. The van der Waals surface area contributed by atoms with Crippen LogP contribution >= 0.6 is 11.6 Å². The number of hydrogen-bond donors (Lipinski definition) is 1. The number of carbonyl (C=O) groups is 2. The molecule has 1 N–H and O–H groups in total. The molecule has 0 saturated carbocycles. The maximum Gasteiger partial charge on any atom is 0.264 e. The van der Waals surface area contributed by atoms with E-state index in [2.05, 4.69) is 5.32 Å². The molecule has 0 heterocycles. The van der Waals surface area contributed by atoms with Crippen LogP contribution in [0.5, 0.6) is 5.75 Å². The summed E-state index contributed by atoms with van der Waals surface area (Å²) in [5, 5.41) is 3.28. The predicted molar refractivity (Wildman–Crippen MR) is 173 cm³/mol. The van der Waals surface area contributed by atoms with Crippen LogP contribution in [0.1, 0.15) is 23.6 Å². The SMILES string of the molecule is CCNC(=O)[C@H](Cc1ccccc1)N(Cc1cccc(C)c1)C(=O)CN(c1ccc(Cl)cc1)S(=O)(=O)c1ccc(OC)cc1. The summed E-state index contributed by atoms with van der Waals surface area (Å²) in [5.74, 6) is -0.368. The number of benzene rings is 4. The molecule has 0 unspecified atom stereocenters. The molecule has 0 aromatic heterocycles. The highest BCUT2D eigenvalue weighted by Gasteiger charge is 2.34. The van der Waals surface area contributed by atoms with Gasteiger partial charge in [0.2, 0.25) is 11.8 Å². The van der Waals surface area contributed by atoms with E-state index in [9.17, 15) is 18.0 Å². The number of sulfonamides is 1. The molecule has 0 bridgehead atoms. The van der Waals surface area contributed by atoms with Crippen molar-refractivity contribution in [3.8, 4) is 5.75 Å². The molecule has 0 aliphatic carbocycles. The summed E-state index contributed by atoms with van der Waals surface area (Å²) < 4.78 is 34.4. The van der Waals surface area contributed by atoms with Crippen LogP contribution in [0.25, 0.3) is 0 Å². The van der Waals surface area contributed by atoms with E-state index in [1.807, 2.05) is 68.4 Å². The molecule has 4 aromatic carbocycles. The van der Waals surface area contributed by atoms with Crippen molar-refractivity contribution in [2.75, 3.05) is 24.5 Å². The molecule has 4 aromatic rings. The van der Waals surface area contributed by atoms with Gasteiger partial charge in [-0.2, -0.15) is 0 Å². The van der Waals surface area contributed by atoms with Crippen LogP contribution in [-0.2, 0) is 32.6 Å². The van der Waals surface area contributed by atoms with Gasteiger partial charge in [-0.3, -0.25) is 13.9 Å². The molecular formula is C34H36ClN3O5S. The van der Waals surface area contributed by atoms with Gasteiger partial charge < -0.3 is 15.0 Å². The van der Waals surface area contributed by atoms with Crippen molar-refractivity contribution in [3.05, 3.63) is 125 Å². The first-order valence-corrected chi connectivity index (χ1v) is 16.0. The zero-order chi connectivity index (χ0) is 31.7. The second kappa shape index (κ2) is 14.9. The number of carbonyl (C=O) groups excluding carboxylic acids is 2. The van der Waals surface area contributed by atoms with E-state index in [0.29, 0.717) is 17.3 Å². The lowest BCUT2D eigenvalue weighted by atomic mass is 10.0. The first kappa shape index (κ1) is 32.6. The standard InChI is InChI=1S/C34H36ClN3O5S/c1-4-36-34(40)32(22-26-10-6-5-7-11-26)37(23-27-12-8-9-25(2)21-27)33(39)24-38(29-15-13-28(35)14-16-29)44(41,42)31-19-17-30(43-3)18-20-31/h5-21,32H,4,22-24H2,1-3H3,(H,36,40)/t32-/m0/s1. The highest BCUT2D eigenvalue weighted by atomic mass is 35.5. The van der Waals surface area contributed by atoms with Crippen LogP contribution in [0, 0.1) is 6.92 Å². The van der Waals surface area contributed by atoms with Gasteiger partial charge in [0.25, 0.3) is 10.0 Å². The first-order chi connectivity index (χ1) is 21.1. The Morgan fingerprint density at radius 2 is 1.55 bits per heavy atom. The molecule has 2 amide bonds. The maximum atomic E-state index is 14.4. The van der Waals surface area contributed by atoms with Gasteiger partial charge in [0.1, 0.15) is 18.3 Å². The fourth-order valence-corrected chi connectivity index (χ4v) is 6.40. The number of hydrogen-bond acceptors (Lipinski definition) is 5. The molecule has 10 heteroatoms. The Hall–Kier alpha value is -4.34. The van der Waals surface area contributed by atoms with Gasteiger partial charge in [0.05, 0.1) is 17.7 Å². The average Bonchev–Trinajstić information content (AvgIpc) is 3.02. The van der Waals surface area contributed by atoms with E-state index in [1.54, 1.807) is 36.4 Å². The zero-order valence-electron chi connectivity index (χ0n) is 24.9. The summed E-state index contributed by atoms with van der Waals surface area (Å²) in [7, 11) is -2.74. The monoisotopic (exact) mass is 633 g/mol. The summed E-state index contributed by atoms with van der Waals surface area (Å²) in [4.78, 5) is 29.4. The molecular weight excluding hydrogens is 598 g/mol. The summed E-state index contributed by atoms with van der Waals surface area (Å²) in [6.07, 6.45) is 0.246. The van der Waals surface area contributed by atoms with Gasteiger partial charge in [-0.05, 0) is 73.5 Å². The number of anilines is 1. The third kappa shape index (κ3) is 8.18. The number of nitrogens with zero attached hydrogens (tertiary/aromatic N) is 2. The molecule has 0 spiro atoms. The third-order valence-corrected chi connectivity index (χ3v) is 9.14. The molecule has 230 valence electrons. The van der Waals surface area contributed by atoms with Crippen molar-refractivity contribution in [3.63, 3.8) is 0 Å². The lowest BCUT2D eigenvalue weighted by Crippen LogP contribution is -2.53. The zero-order valence-corrected chi connectivity index (χ0v) is 26.5. The summed E-state index contributed by atoms with van der Waals surface area (Å²) in [6, 6.07) is 28.4. The van der Waals surface area contributed by atoms with Crippen molar-refractivity contribution in [2.24, 2.45) is 0 Å². The van der Waals surface area contributed by atoms with Crippen LogP contribution < -0.4 is 14.4 Å². The number of likely N-dealkylation sites (N-methyl/N-ethyl adjacent to an activating group) is 1. The quantitative estimate of drug-likeness (QED) is 0.206. The van der Waals surface area contributed by atoms with Gasteiger partial charge in [0.15, 0.2) is 0 Å². The molecule has 0 saturated heterocycles. The minimum absolute atomic E-state index is 0.0177. The van der Waals surface area contributed by atoms with E-state index >= 15 is 0 Å². The van der Waals surface area contributed by atoms with Gasteiger partial charge >= 0.3 is 0 Å². The van der Waals surface area contributed by atoms with Crippen molar-refractivity contribution in [1.82, 2.24) is 10.2 Å². The molecule has 1 atom stereocenters. The van der Waals surface area contributed by atoms with Crippen molar-refractivity contribution in [2.45, 2.75) is 37.8 Å². The Balaban J connectivity index is 1.79. The lowest BCUT2D eigenvalue weighted by Gasteiger charge is -2.34. The Bertz CT molecular complexity index is 1660. The van der Waals surface area contributed by atoms with Crippen LogP contribution in [-0.4, -0.2) is 51.4 Å². The van der Waals surface area contributed by atoms with E-state index < -0.39 is 28.5 Å². The lowest BCUT2D eigenvalue weighted by molar-refractivity contribution is -0.140. The van der Waals surface area contributed by atoms with Gasteiger partial charge in [0, 0.05) is 24.5 Å². The number of aryl methyl sites for hydroxylation is 1. The van der Waals surface area contributed by atoms with Gasteiger partial charge in [-0.1, -0.05) is 71.8 Å². The van der Waals surface area contributed by atoms with Crippen molar-refractivity contribution in [1.29, 1.82) is 0 Å². The molecule has 8 nitrogen and oxygen atoms in total. The third-order valence-electron chi connectivity index (χ3n) is 7.10. The second-order valence-electron chi connectivity index (χ2n) is 10.3. The topological polar surface area (TPSA) is 96.0 Å². The molecule has 0 aliphatic heterocycles. The van der Waals surface area contributed by atoms with E-state index in [-0.39, 0.29) is 29.5 Å².